The lowest BCUT2D eigenvalue weighted by molar-refractivity contribution is -0.193. The molecule has 2 aromatic rings. The van der Waals surface area contributed by atoms with Gasteiger partial charge in [0.1, 0.15) is 0 Å². The molecular formula is C25H26F9N3O8. The van der Waals surface area contributed by atoms with Crippen LogP contribution in [0.15, 0.2) is 48.9 Å². The molecule has 45 heavy (non-hydrogen) atoms. The third kappa shape index (κ3) is 14.5. The fourth-order valence-electron chi connectivity index (χ4n) is 3.86. The highest BCUT2D eigenvalue weighted by atomic mass is 19.4. The lowest BCUT2D eigenvalue weighted by Crippen LogP contribution is -2.35. The van der Waals surface area contributed by atoms with Crippen molar-refractivity contribution in [2.45, 2.75) is 31.7 Å². The second-order valence-corrected chi connectivity index (χ2v) is 9.32. The van der Waals surface area contributed by atoms with Gasteiger partial charge in [-0.1, -0.05) is 6.07 Å². The average molecular weight is 667 g/mol. The van der Waals surface area contributed by atoms with Crippen molar-refractivity contribution in [2.24, 2.45) is 11.3 Å². The number of pyridine rings is 2. The normalized spacial score (nSPS) is 19.4. The zero-order valence-electron chi connectivity index (χ0n) is 22.8. The maximum atomic E-state index is 10.6. The zero-order valence-corrected chi connectivity index (χ0v) is 22.8. The fourth-order valence-corrected chi connectivity index (χ4v) is 3.86. The molecule has 2 fully saturated rings. The van der Waals surface area contributed by atoms with Gasteiger partial charge in [0.25, 0.3) is 0 Å². The number of hydrogen-bond donors (Lipinski definition) is 3. The third-order valence-corrected chi connectivity index (χ3v) is 5.84. The van der Waals surface area contributed by atoms with Crippen LogP contribution in [-0.2, 0) is 37.0 Å². The van der Waals surface area contributed by atoms with Gasteiger partial charge in [0.05, 0.1) is 32.1 Å². The van der Waals surface area contributed by atoms with E-state index in [9.17, 15) is 39.5 Å². The predicted molar refractivity (Wildman–Crippen MR) is 131 cm³/mol. The topological polar surface area (TPSA) is 159 Å². The molecule has 0 bridgehead atoms. The maximum absolute atomic E-state index is 10.6. The molecule has 2 aliphatic rings. The molecule has 2 aromatic heterocycles. The number of alkyl halides is 9. The Bertz CT molecular complexity index is 1160. The van der Waals surface area contributed by atoms with Gasteiger partial charge in [-0.25, -0.2) is 14.4 Å². The number of fused-ring (bicyclic) bond motifs is 1. The van der Waals surface area contributed by atoms with Gasteiger partial charge in [-0.3, -0.25) is 14.9 Å². The van der Waals surface area contributed by atoms with Crippen LogP contribution in [0.1, 0.15) is 11.3 Å². The molecule has 2 aliphatic heterocycles. The van der Waals surface area contributed by atoms with Crippen molar-refractivity contribution in [2.75, 3.05) is 32.9 Å². The number of aliphatic carboxylic acids is 3. The average Bonchev–Trinajstić information content (AvgIpc) is 3.46. The SMILES string of the molecule is O=C(O)C(F)(F)F.O=C(O)C(F)(F)F.O=C(O)C(F)(F)F.c1ccc(COC[C@]23COC[C@H]2CN(Cc2ccncc2)C3)nc1. The Hall–Kier alpha value is -4.04. The van der Waals surface area contributed by atoms with Crippen LogP contribution in [0.3, 0.4) is 0 Å². The fraction of sp³-hybridized carbons (Fsp3) is 0.480. The van der Waals surface area contributed by atoms with E-state index in [1.54, 1.807) is 0 Å². The Morgan fingerprint density at radius 3 is 1.82 bits per heavy atom. The smallest absolute Gasteiger partial charge is 0.475 e. The van der Waals surface area contributed by atoms with E-state index < -0.39 is 36.4 Å². The number of nitrogens with zero attached hydrogens (tertiary/aromatic N) is 3. The largest absolute Gasteiger partial charge is 0.490 e. The van der Waals surface area contributed by atoms with E-state index in [0.717, 1.165) is 45.1 Å². The lowest BCUT2D eigenvalue weighted by atomic mass is 9.82. The molecule has 2 saturated heterocycles. The van der Waals surface area contributed by atoms with E-state index in [2.05, 4.69) is 27.0 Å². The summed E-state index contributed by atoms with van der Waals surface area (Å²) in [5.41, 5.74) is 2.42. The lowest BCUT2D eigenvalue weighted by Gasteiger charge is -2.27. The van der Waals surface area contributed by atoms with Crippen LogP contribution in [0, 0.1) is 11.3 Å². The minimum absolute atomic E-state index is 0.127. The number of rotatable bonds is 6. The summed E-state index contributed by atoms with van der Waals surface area (Å²) in [6.07, 6.45) is -9.72. The second-order valence-electron chi connectivity index (χ2n) is 9.32. The van der Waals surface area contributed by atoms with E-state index in [4.69, 9.17) is 39.2 Å². The Morgan fingerprint density at radius 2 is 1.38 bits per heavy atom. The summed E-state index contributed by atoms with van der Waals surface area (Å²) in [6, 6.07) is 10.1. The minimum Gasteiger partial charge on any atom is -0.475 e. The highest BCUT2D eigenvalue weighted by Gasteiger charge is 2.50. The first-order valence-electron chi connectivity index (χ1n) is 12.2. The Kier molecular flexibility index (Phi) is 14.6. The molecule has 0 aliphatic carbocycles. The molecule has 4 heterocycles. The van der Waals surface area contributed by atoms with Gasteiger partial charge in [-0.05, 0) is 29.8 Å². The number of likely N-dealkylation sites (tertiary alicyclic amines) is 1. The zero-order chi connectivity index (χ0) is 34.5. The number of halogens is 9. The summed E-state index contributed by atoms with van der Waals surface area (Å²) in [5.74, 6) is -7.71. The second kappa shape index (κ2) is 16.9. The number of aromatic nitrogens is 2. The molecule has 252 valence electrons. The summed E-state index contributed by atoms with van der Waals surface area (Å²) >= 11 is 0. The molecule has 0 radical (unpaired) electrons. The van der Waals surface area contributed by atoms with E-state index in [-0.39, 0.29) is 5.41 Å². The molecule has 0 amide bonds. The van der Waals surface area contributed by atoms with Crippen LogP contribution in [-0.4, -0.2) is 99.5 Å². The Morgan fingerprint density at radius 1 is 0.867 bits per heavy atom. The van der Waals surface area contributed by atoms with Gasteiger partial charge in [-0.2, -0.15) is 39.5 Å². The number of carboxylic acid groups (broad SMARTS) is 3. The van der Waals surface area contributed by atoms with Crippen LogP contribution < -0.4 is 0 Å². The predicted octanol–water partition coefficient (Wildman–Crippen LogP) is 4.04. The van der Waals surface area contributed by atoms with Crippen LogP contribution in [0.2, 0.25) is 0 Å². The summed E-state index contributed by atoms with van der Waals surface area (Å²) in [4.78, 5) is 37.6. The molecule has 4 rings (SSSR count). The molecule has 0 spiro atoms. The van der Waals surface area contributed by atoms with Crippen molar-refractivity contribution in [1.82, 2.24) is 14.9 Å². The van der Waals surface area contributed by atoms with E-state index in [1.165, 1.54) is 5.56 Å². The molecule has 0 saturated carbocycles. The maximum Gasteiger partial charge on any atom is 0.490 e. The van der Waals surface area contributed by atoms with E-state index in [1.807, 2.05) is 36.8 Å². The molecule has 11 nitrogen and oxygen atoms in total. The van der Waals surface area contributed by atoms with Crippen molar-refractivity contribution in [3.63, 3.8) is 0 Å². The monoisotopic (exact) mass is 667 g/mol. The highest BCUT2D eigenvalue weighted by Crippen LogP contribution is 2.42. The molecule has 3 N–H and O–H groups in total. The standard InChI is InChI=1S/C19H23N3O2.3C2HF3O2/c1-2-6-21-18(3-1)12-24-15-19-13-22(10-17(19)11-23-14-19)9-16-4-7-20-8-5-16;3*3-2(4,5)1(6)7/h1-8,17H,9-15H2;3*(H,6,7)/t17-,19+;;;/m1.../s1. The summed E-state index contributed by atoms with van der Waals surface area (Å²) in [6.45, 7) is 6.03. The van der Waals surface area contributed by atoms with Crippen molar-refractivity contribution in [3.05, 3.63) is 60.2 Å². The van der Waals surface area contributed by atoms with Crippen LogP contribution >= 0.6 is 0 Å². The summed E-state index contributed by atoms with van der Waals surface area (Å²) < 4.78 is 107. The van der Waals surface area contributed by atoms with Gasteiger partial charge in [0.2, 0.25) is 0 Å². The first-order chi connectivity index (χ1) is 20.7. The van der Waals surface area contributed by atoms with Crippen molar-refractivity contribution in [1.29, 1.82) is 0 Å². The van der Waals surface area contributed by atoms with E-state index >= 15 is 0 Å². The van der Waals surface area contributed by atoms with Gasteiger partial charge >= 0.3 is 36.4 Å². The summed E-state index contributed by atoms with van der Waals surface area (Å²) in [5, 5.41) is 21.4. The molecule has 0 unspecified atom stereocenters. The number of carbonyl (C=O) groups is 3. The first kappa shape index (κ1) is 39.0. The Balaban J connectivity index is 0.000000396. The Labute approximate surface area is 248 Å². The van der Waals surface area contributed by atoms with Gasteiger partial charge in [0.15, 0.2) is 0 Å². The third-order valence-electron chi connectivity index (χ3n) is 5.84. The van der Waals surface area contributed by atoms with Crippen LogP contribution in [0.5, 0.6) is 0 Å². The minimum atomic E-state index is -5.08. The number of carboxylic acids is 3. The van der Waals surface area contributed by atoms with Crippen molar-refractivity contribution in [3.8, 4) is 0 Å². The molecular weight excluding hydrogens is 641 g/mol. The van der Waals surface area contributed by atoms with Gasteiger partial charge in [0, 0.05) is 49.6 Å². The van der Waals surface area contributed by atoms with Gasteiger partial charge in [-0.15, -0.1) is 0 Å². The molecule has 0 aromatic carbocycles. The quantitative estimate of drug-likeness (QED) is 0.382. The van der Waals surface area contributed by atoms with Crippen molar-refractivity contribution >= 4 is 17.9 Å². The van der Waals surface area contributed by atoms with Crippen LogP contribution in [0.4, 0.5) is 39.5 Å². The molecule has 20 heteroatoms. The number of ether oxygens (including phenoxy) is 2. The van der Waals surface area contributed by atoms with E-state index in [0.29, 0.717) is 12.5 Å². The highest BCUT2D eigenvalue weighted by molar-refractivity contribution is 5.73. The van der Waals surface area contributed by atoms with Gasteiger partial charge < -0.3 is 24.8 Å². The summed E-state index contributed by atoms with van der Waals surface area (Å²) in [7, 11) is 0. The number of hydrogen-bond acceptors (Lipinski definition) is 8. The molecule has 2 atom stereocenters. The van der Waals surface area contributed by atoms with Crippen molar-refractivity contribution < 1.29 is 78.7 Å². The first-order valence-corrected chi connectivity index (χ1v) is 12.2. The van der Waals surface area contributed by atoms with Crippen LogP contribution in [0.25, 0.3) is 0 Å².